The number of unbranched alkanes of at least 4 members (excludes halogenated alkanes) is 1. The lowest BCUT2D eigenvalue weighted by atomic mass is 9.66. The van der Waals surface area contributed by atoms with E-state index in [2.05, 4.69) is 61.9 Å². The smallest absolute Gasteiger partial charge is 0.0525 e. The Hall–Kier alpha value is -1.12. The van der Waals surface area contributed by atoms with Crippen molar-refractivity contribution in [2.75, 3.05) is 6.26 Å². The van der Waals surface area contributed by atoms with Crippen LogP contribution in [0.4, 0.5) is 0 Å². The molecule has 0 saturated heterocycles. The van der Waals surface area contributed by atoms with Gasteiger partial charge in [0, 0.05) is 27.8 Å². The van der Waals surface area contributed by atoms with Gasteiger partial charge in [0.1, 0.15) is 0 Å². The summed E-state index contributed by atoms with van der Waals surface area (Å²) in [4.78, 5) is 6.65. The first kappa shape index (κ1) is 17.3. The molecule has 0 saturated carbocycles. The molecule has 0 bridgehead atoms. The third-order valence-corrected chi connectivity index (χ3v) is 8.99. The van der Waals surface area contributed by atoms with Gasteiger partial charge >= 0.3 is 0 Å². The Bertz CT molecular complexity index is 790. The van der Waals surface area contributed by atoms with Crippen LogP contribution in [-0.2, 0) is 0 Å². The first-order valence-corrected chi connectivity index (χ1v) is 11.4. The van der Waals surface area contributed by atoms with Crippen LogP contribution in [0, 0.1) is 5.41 Å². The van der Waals surface area contributed by atoms with Gasteiger partial charge in [0.05, 0.1) is 5.70 Å². The van der Waals surface area contributed by atoms with Gasteiger partial charge in [-0.3, -0.25) is 4.99 Å². The third kappa shape index (κ3) is 2.88. The lowest BCUT2D eigenvalue weighted by Crippen LogP contribution is -2.38. The van der Waals surface area contributed by atoms with E-state index in [1.807, 2.05) is 0 Å². The molecule has 25 heavy (non-hydrogen) atoms. The highest BCUT2D eigenvalue weighted by atomic mass is 35.5. The van der Waals surface area contributed by atoms with Crippen LogP contribution >= 0.6 is 22.1 Å². The van der Waals surface area contributed by atoms with E-state index in [1.54, 1.807) is 4.86 Å². The maximum absolute atomic E-state index is 6.34. The van der Waals surface area contributed by atoms with E-state index in [0.29, 0.717) is 16.4 Å². The number of hydrogen-bond acceptors (Lipinski definition) is 1. The average molecular weight is 372 g/mol. The van der Waals surface area contributed by atoms with Gasteiger partial charge in [0.2, 0.25) is 0 Å². The summed E-state index contributed by atoms with van der Waals surface area (Å²) < 4.78 is 0. The van der Waals surface area contributed by atoms with E-state index in [-0.39, 0.29) is 5.41 Å². The van der Waals surface area contributed by atoms with E-state index in [9.17, 15) is 0 Å². The molecule has 1 aliphatic carbocycles. The van der Waals surface area contributed by atoms with Crippen molar-refractivity contribution in [2.24, 2.45) is 10.4 Å². The molecule has 3 aliphatic rings. The molecule has 0 N–H and O–H groups in total. The molecule has 0 radical (unpaired) electrons. The number of hydrogen-bond donors (Lipinski definition) is 0. The van der Waals surface area contributed by atoms with Gasteiger partial charge in [-0.25, -0.2) is 0 Å². The fraction of sp³-hybridized carbons (Fsp3) is 0.455. The predicted molar refractivity (Wildman–Crippen MR) is 113 cm³/mol. The summed E-state index contributed by atoms with van der Waals surface area (Å²) in [5.74, 6) is 0.351. The second kappa shape index (κ2) is 6.89. The van der Waals surface area contributed by atoms with Crippen molar-refractivity contribution in [3.05, 3.63) is 58.8 Å². The van der Waals surface area contributed by atoms with Crippen molar-refractivity contribution in [2.45, 2.75) is 50.2 Å². The minimum atomic E-state index is 0.115. The number of rotatable bonds is 4. The van der Waals surface area contributed by atoms with Crippen molar-refractivity contribution in [1.29, 1.82) is 0 Å². The van der Waals surface area contributed by atoms with Crippen LogP contribution < -0.4 is 0 Å². The normalized spacial score (nSPS) is 33.6. The van der Waals surface area contributed by atoms with E-state index in [1.165, 1.54) is 36.9 Å². The molecule has 1 aromatic carbocycles. The van der Waals surface area contributed by atoms with Crippen LogP contribution in [0.2, 0.25) is 0 Å². The molecule has 132 valence electrons. The van der Waals surface area contributed by atoms with Gasteiger partial charge in [0.15, 0.2) is 0 Å². The van der Waals surface area contributed by atoms with E-state index in [0.717, 1.165) is 16.7 Å². The highest BCUT2D eigenvalue weighted by molar-refractivity contribution is 8.16. The Kier molecular flexibility index (Phi) is 4.77. The fourth-order valence-electron chi connectivity index (χ4n) is 4.71. The Balaban J connectivity index is 1.83. The highest BCUT2D eigenvalue weighted by Crippen LogP contribution is 2.58. The van der Waals surface area contributed by atoms with Crippen LogP contribution in [-0.4, -0.2) is 22.6 Å². The van der Waals surface area contributed by atoms with Gasteiger partial charge in [-0.2, -0.15) is 10.5 Å². The van der Waals surface area contributed by atoms with Crippen LogP contribution in [0.25, 0.3) is 0 Å². The SMILES string of the molecule is CCCCC1CC23CC=C(Cl)C=C2N=CC(c2ccccc2)C3=S1C. The van der Waals surface area contributed by atoms with Crippen molar-refractivity contribution >= 4 is 33.2 Å². The molecule has 1 aromatic rings. The zero-order chi connectivity index (χ0) is 17.4. The standard InChI is InChI=1S/C22H26ClNS/c1-3-4-10-18-14-22-12-11-17(23)13-20(22)24-15-19(21(22)25(18)2)16-8-6-5-7-9-16/h5-9,11,13,15,18-19H,3-4,10,12,14H2,1-2H3. The number of allylic oxidation sites excluding steroid dienone is 4. The average Bonchev–Trinajstić information content (AvgIpc) is 2.93. The molecule has 4 rings (SSSR count). The molecular formula is C22H26ClNS. The van der Waals surface area contributed by atoms with Crippen molar-refractivity contribution in [3.63, 3.8) is 0 Å². The van der Waals surface area contributed by atoms with Crippen LogP contribution in [0.5, 0.6) is 0 Å². The quantitative estimate of drug-likeness (QED) is 0.552. The Morgan fingerprint density at radius 2 is 2.08 bits per heavy atom. The van der Waals surface area contributed by atoms with Crippen LogP contribution in [0.15, 0.2) is 58.2 Å². The molecule has 0 amide bonds. The number of benzene rings is 1. The molecule has 0 aromatic heterocycles. The fourth-order valence-corrected chi connectivity index (χ4v) is 7.79. The molecular weight excluding hydrogens is 346 g/mol. The van der Waals surface area contributed by atoms with E-state index < -0.39 is 0 Å². The topological polar surface area (TPSA) is 12.4 Å². The summed E-state index contributed by atoms with van der Waals surface area (Å²) in [6.45, 7) is 2.30. The first-order chi connectivity index (χ1) is 12.2. The number of nitrogens with zero attached hydrogens (tertiary/aromatic N) is 1. The molecule has 3 heteroatoms. The second-order valence-corrected chi connectivity index (χ2v) is 10.1. The van der Waals surface area contributed by atoms with Gasteiger partial charge in [-0.1, -0.05) is 67.8 Å². The van der Waals surface area contributed by atoms with E-state index in [4.69, 9.17) is 16.6 Å². The van der Waals surface area contributed by atoms with Crippen LogP contribution in [0.3, 0.4) is 0 Å². The third-order valence-electron chi connectivity index (χ3n) is 5.99. The Morgan fingerprint density at radius 1 is 1.28 bits per heavy atom. The predicted octanol–water partition coefficient (Wildman–Crippen LogP) is 6.28. The summed E-state index contributed by atoms with van der Waals surface area (Å²) in [6, 6.07) is 10.9. The summed E-state index contributed by atoms with van der Waals surface area (Å²) in [7, 11) is 0.314. The molecule has 2 heterocycles. The van der Waals surface area contributed by atoms with Crippen molar-refractivity contribution in [3.8, 4) is 0 Å². The van der Waals surface area contributed by atoms with Crippen LogP contribution in [0.1, 0.15) is 50.5 Å². The van der Waals surface area contributed by atoms with Crippen molar-refractivity contribution in [1.82, 2.24) is 0 Å². The lowest BCUT2D eigenvalue weighted by molar-refractivity contribution is 0.437. The zero-order valence-electron chi connectivity index (χ0n) is 15.0. The molecule has 0 fully saturated rings. The maximum atomic E-state index is 6.34. The summed E-state index contributed by atoms with van der Waals surface area (Å²) >= 11 is 6.34. The van der Waals surface area contributed by atoms with Gasteiger partial charge < -0.3 is 0 Å². The monoisotopic (exact) mass is 371 g/mol. The molecule has 4 atom stereocenters. The first-order valence-electron chi connectivity index (χ1n) is 9.35. The molecule has 1 nitrogen and oxygen atoms in total. The van der Waals surface area contributed by atoms with Gasteiger partial charge in [-0.15, -0.1) is 0 Å². The Morgan fingerprint density at radius 3 is 2.84 bits per heavy atom. The maximum Gasteiger partial charge on any atom is 0.0525 e. The minimum absolute atomic E-state index is 0.115. The summed E-state index contributed by atoms with van der Waals surface area (Å²) in [6.07, 6.45) is 15.2. The largest absolute Gasteiger partial charge is 0.264 e. The second-order valence-electron chi connectivity index (χ2n) is 7.46. The number of aliphatic imine (C=N–C) groups is 1. The minimum Gasteiger partial charge on any atom is -0.264 e. The summed E-state index contributed by atoms with van der Waals surface area (Å²) in [5, 5.41) is 1.64. The summed E-state index contributed by atoms with van der Waals surface area (Å²) in [5.41, 5.74) is 2.71. The molecule has 1 spiro atoms. The van der Waals surface area contributed by atoms with E-state index >= 15 is 0 Å². The lowest BCUT2D eigenvalue weighted by Gasteiger charge is -2.40. The van der Waals surface area contributed by atoms with Crippen molar-refractivity contribution < 1.29 is 0 Å². The zero-order valence-corrected chi connectivity index (χ0v) is 16.6. The van der Waals surface area contributed by atoms with Gasteiger partial charge in [0.25, 0.3) is 0 Å². The van der Waals surface area contributed by atoms with Gasteiger partial charge in [-0.05, 0) is 42.0 Å². The molecule has 2 aliphatic heterocycles. The number of halogens is 1. The molecule has 4 unspecified atom stereocenters. The highest BCUT2D eigenvalue weighted by Gasteiger charge is 2.51. The Labute approximate surface area is 158 Å².